The van der Waals surface area contributed by atoms with E-state index in [-0.39, 0.29) is 21.8 Å². The van der Waals surface area contributed by atoms with E-state index in [1.165, 1.54) is 37.4 Å². The Labute approximate surface area is 209 Å². The minimum Gasteiger partial charge on any atom is -0.507 e. The van der Waals surface area contributed by atoms with Crippen molar-refractivity contribution < 1.29 is 37.3 Å². The molecular formula is C26H19ClF3NO5. The van der Waals surface area contributed by atoms with Gasteiger partial charge in [0.05, 0.1) is 23.7 Å². The Kier molecular flexibility index (Phi) is 6.69. The molecule has 1 aliphatic heterocycles. The summed E-state index contributed by atoms with van der Waals surface area (Å²) >= 11 is 6.19. The highest BCUT2D eigenvalue weighted by atomic mass is 35.5. The summed E-state index contributed by atoms with van der Waals surface area (Å²) in [6.45, 7) is 1.82. The van der Waals surface area contributed by atoms with E-state index in [4.69, 9.17) is 16.3 Å². The lowest BCUT2D eigenvalue weighted by Crippen LogP contribution is -2.29. The van der Waals surface area contributed by atoms with Crippen molar-refractivity contribution in [1.29, 1.82) is 0 Å². The molecule has 3 aromatic rings. The first-order chi connectivity index (χ1) is 17.0. The third-order valence-corrected chi connectivity index (χ3v) is 5.87. The molecule has 0 aromatic heterocycles. The fraction of sp³-hybridized carbons (Fsp3) is 0.154. The van der Waals surface area contributed by atoms with Crippen LogP contribution < -0.4 is 14.4 Å². The number of anilines is 1. The number of carbonyl (C=O) groups is 2. The van der Waals surface area contributed by atoms with Crippen molar-refractivity contribution in [3.05, 3.63) is 94.0 Å². The predicted octanol–water partition coefficient (Wildman–Crippen LogP) is 6.18. The van der Waals surface area contributed by atoms with Crippen LogP contribution in [0.5, 0.6) is 11.5 Å². The fourth-order valence-corrected chi connectivity index (χ4v) is 4.29. The number of hydrogen-bond acceptors (Lipinski definition) is 5. The highest BCUT2D eigenvalue weighted by Crippen LogP contribution is 2.43. The number of nitrogens with zero attached hydrogens (tertiary/aromatic N) is 1. The number of Topliss-reactive ketones (excluding diaryl/α,β-unsaturated/α-hetero) is 1. The zero-order valence-corrected chi connectivity index (χ0v) is 19.7. The van der Waals surface area contributed by atoms with Crippen LogP contribution in [0.1, 0.15) is 22.7 Å². The van der Waals surface area contributed by atoms with Crippen LogP contribution >= 0.6 is 11.6 Å². The number of aryl methyl sites for hydroxylation is 1. The smallest absolute Gasteiger partial charge is 0.507 e. The summed E-state index contributed by atoms with van der Waals surface area (Å²) in [6.07, 6.45) is -4.88. The fourth-order valence-electron chi connectivity index (χ4n) is 4.03. The molecule has 3 aromatic carbocycles. The second kappa shape index (κ2) is 9.58. The van der Waals surface area contributed by atoms with Crippen molar-refractivity contribution in [2.24, 2.45) is 0 Å². The molecule has 1 atom stereocenters. The van der Waals surface area contributed by atoms with Crippen LogP contribution in [0.4, 0.5) is 18.9 Å². The van der Waals surface area contributed by atoms with Crippen LogP contribution in [0.2, 0.25) is 5.02 Å². The molecule has 1 unspecified atom stereocenters. The van der Waals surface area contributed by atoms with Crippen LogP contribution in [0.15, 0.2) is 72.3 Å². The molecule has 186 valence electrons. The van der Waals surface area contributed by atoms with E-state index in [1.54, 1.807) is 18.2 Å². The third-order valence-electron chi connectivity index (χ3n) is 5.58. The number of methoxy groups -OCH3 is 1. The zero-order chi connectivity index (χ0) is 26.2. The molecule has 1 heterocycles. The SMILES string of the molecule is COc1ccc(/C(O)=C2/C(=O)C(=O)N(c3ccc(OC(F)(F)F)cc3)C2c2cccc(C)c2)cc1Cl. The minimum absolute atomic E-state index is 0.143. The normalized spacial score (nSPS) is 17.4. The van der Waals surface area contributed by atoms with Gasteiger partial charge in [-0.1, -0.05) is 41.4 Å². The molecule has 0 bridgehead atoms. The van der Waals surface area contributed by atoms with E-state index in [0.29, 0.717) is 11.3 Å². The standard InChI is InChI=1S/C26H19ClF3NO5/c1-14-4-3-5-15(12-14)22-21(23(32)16-6-11-20(35-2)19(27)13-16)24(33)25(34)31(22)17-7-9-18(10-8-17)36-26(28,29)30/h3-13,22,32H,1-2H3/b23-21-. The Morgan fingerprint density at radius 3 is 2.31 bits per heavy atom. The maximum atomic E-state index is 13.2. The van der Waals surface area contributed by atoms with Crippen molar-refractivity contribution in [2.75, 3.05) is 12.0 Å². The average Bonchev–Trinajstić information content (AvgIpc) is 3.08. The van der Waals surface area contributed by atoms with E-state index >= 15 is 0 Å². The highest BCUT2D eigenvalue weighted by molar-refractivity contribution is 6.51. The van der Waals surface area contributed by atoms with Gasteiger partial charge < -0.3 is 14.6 Å². The van der Waals surface area contributed by atoms with Crippen LogP contribution in [-0.4, -0.2) is 30.3 Å². The van der Waals surface area contributed by atoms with Gasteiger partial charge in [0.15, 0.2) is 0 Å². The molecule has 4 rings (SSSR count). The molecule has 0 saturated carbocycles. The first-order valence-corrected chi connectivity index (χ1v) is 10.9. The number of hydrogen-bond donors (Lipinski definition) is 1. The van der Waals surface area contributed by atoms with Crippen LogP contribution in [0.25, 0.3) is 5.76 Å². The molecule has 0 radical (unpaired) electrons. The van der Waals surface area contributed by atoms with E-state index in [9.17, 15) is 27.9 Å². The summed E-state index contributed by atoms with van der Waals surface area (Å²) in [5, 5.41) is 11.4. The van der Waals surface area contributed by atoms with Gasteiger partial charge in [-0.05, 0) is 55.0 Å². The van der Waals surface area contributed by atoms with Crippen molar-refractivity contribution in [3.8, 4) is 11.5 Å². The van der Waals surface area contributed by atoms with Gasteiger partial charge in [-0.15, -0.1) is 13.2 Å². The Hall–Kier alpha value is -3.98. The van der Waals surface area contributed by atoms with E-state index in [2.05, 4.69) is 4.74 Å². The number of halogens is 4. The molecule has 1 fully saturated rings. The van der Waals surface area contributed by atoms with Crippen LogP contribution in [-0.2, 0) is 9.59 Å². The quantitative estimate of drug-likeness (QED) is 0.248. The van der Waals surface area contributed by atoms with Crippen molar-refractivity contribution in [1.82, 2.24) is 0 Å². The number of benzene rings is 3. The Morgan fingerprint density at radius 2 is 1.72 bits per heavy atom. The van der Waals surface area contributed by atoms with Gasteiger partial charge in [0.1, 0.15) is 17.3 Å². The number of aliphatic hydroxyl groups excluding tert-OH is 1. The number of rotatable bonds is 5. The predicted molar refractivity (Wildman–Crippen MR) is 127 cm³/mol. The van der Waals surface area contributed by atoms with Crippen molar-refractivity contribution in [3.63, 3.8) is 0 Å². The third kappa shape index (κ3) is 4.87. The monoisotopic (exact) mass is 517 g/mol. The largest absolute Gasteiger partial charge is 0.573 e. The Morgan fingerprint density at radius 1 is 1.03 bits per heavy atom. The lowest BCUT2D eigenvalue weighted by molar-refractivity contribution is -0.274. The maximum absolute atomic E-state index is 13.2. The van der Waals surface area contributed by atoms with Gasteiger partial charge in [-0.25, -0.2) is 0 Å². The van der Waals surface area contributed by atoms with Crippen molar-refractivity contribution in [2.45, 2.75) is 19.3 Å². The summed E-state index contributed by atoms with van der Waals surface area (Å²) in [5.74, 6) is -2.49. The van der Waals surface area contributed by atoms with Gasteiger partial charge in [0, 0.05) is 11.3 Å². The Balaban J connectivity index is 1.87. The van der Waals surface area contributed by atoms with Gasteiger partial charge in [-0.3, -0.25) is 14.5 Å². The summed E-state index contributed by atoms with van der Waals surface area (Å²) in [7, 11) is 1.43. The number of aliphatic hydroxyl groups is 1. The lowest BCUT2D eigenvalue weighted by atomic mass is 9.94. The Bertz CT molecular complexity index is 1370. The number of ketones is 1. The molecule has 1 aliphatic rings. The average molecular weight is 518 g/mol. The maximum Gasteiger partial charge on any atom is 0.573 e. The van der Waals surface area contributed by atoms with Gasteiger partial charge in [-0.2, -0.15) is 0 Å². The molecule has 1 N–H and O–H groups in total. The molecule has 1 saturated heterocycles. The molecule has 1 amide bonds. The van der Waals surface area contributed by atoms with Crippen molar-refractivity contribution >= 4 is 34.7 Å². The molecule has 0 spiro atoms. The van der Waals surface area contributed by atoms with Gasteiger partial charge in [0.25, 0.3) is 11.7 Å². The minimum atomic E-state index is -4.88. The zero-order valence-electron chi connectivity index (χ0n) is 19.0. The second-order valence-corrected chi connectivity index (χ2v) is 8.38. The molecule has 6 nitrogen and oxygen atoms in total. The summed E-state index contributed by atoms with van der Waals surface area (Å²) in [5.41, 5.74) is 1.49. The molecule has 0 aliphatic carbocycles. The number of ether oxygens (including phenoxy) is 2. The summed E-state index contributed by atoms with van der Waals surface area (Å²) in [4.78, 5) is 27.5. The molecule has 10 heteroatoms. The lowest BCUT2D eigenvalue weighted by Gasteiger charge is -2.26. The number of amides is 1. The van der Waals surface area contributed by atoms with E-state index in [1.807, 2.05) is 13.0 Å². The van der Waals surface area contributed by atoms with E-state index < -0.39 is 35.6 Å². The number of carbonyl (C=O) groups excluding carboxylic acids is 2. The van der Waals surface area contributed by atoms with E-state index in [0.717, 1.165) is 22.6 Å². The first-order valence-electron chi connectivity index (χ1n) is 10.6. The summed E-state index contributed by atoms with van der Waals surface area (Å²) in [6, 6.07) is 14.9. The number of alkyl halides is 3. The first kappa shape index (κ1) is 25.1. The highest BCUT2D eigenvalue weighted by Gasteiger charge is 2.47. The van der Waals surface area contributed by atoms with Gasteiger partial charge in [0.2, 0.25) is 0 Å². The van der Waals surface area contributed by atoms with Gasteiger partial charge >= 0.3 is 6.36 Å². The topological polar surface area (TPSA) is 76.1 Å². The van der Waals surface area contributed by atoms with Crippen LogP contribution in [0.3, 0.4) is 0 Å². The molecular weight excluding hydrogens is 499 g/mol. The summed E-state index contributed by atoms with van der Waals surface area (Å²) < 4.78 is 46.7. The second-order valence-electron chi connectivity index (χ2n) is 7.97. The van der Waals surface area contributed by atoms with Crippen LogP contribution in [0, 0.1) is 6.92 Å². The molecule has 36 heavy (non-hydrogen) atoms.